The molecule has 9 rings (SSSR count). The quantitative estimate of drug-likeness (QED) is 0.246. The minimum absolute atomic E-state index is 0.0682. The molecule has 14 heteroatoms. The van der Waals surface area contributed by atoms with Crippen molar-refractivity contribution in [2.75, 3.05) is 6.54 Å². The van der Waals surface area contributed by atoms with Crippen LogP contribution in [0.2, 0.25) is 0 Å². The van der Waals surface area contributed by atoms with Crippen LogP contribution in [0, 0.1) is 11.7 Å². The first-order valence-corrected chi connectivity index (χ1v) is 17.8. The fraction of sp³-hybridized carbons (Fsp3) is 0.459. The molecule has 4 atom stereocenters. The van der Waals surface area contributed by atoms with Gasteiger partial charge in [-0.25, -0.2) is 28.1 Å². The Morgan fingerprint density at radius 1 is 1.04 bits per heavy atom. The Morgan fingerprint density at radius 3 is 2.67 bits per heavy atom. The molecule has 2 aliphatic heterocycles. The van der Waals surface area contributed by atoms with Crippen LogP contribution in [0.4, 0.5) is 13.2 Å². The first kappa shape index (κ1) is 32.1. The topological polar surface area (TPSA) is 137 Å². The van der Waals surface area contributed by atoms with Crippen LogP contribution >= 0.6 is 0 Å². The van der Waals surface area contributed by atoms with Gasteiger partial charge in [0, 0.05) is 54.4 Å². The van der Waals surface area contributed by atoms with Gasteiger partial charge in [-0.15, -0.1) is 0 Å². The average molecular weight is 698 g/mol. The fourth-order valence-electron chi connectivity index (χ4n) is 8.41. The molecule has 2 aliphatic carbocycles. The van der Waals surface area contributed by atoms with E-state index in [0.29, 0.717) is 51.9 Å². The first-order valence-electron chi connectivity index (χ1n) is 17.8. The van der Waals surface area contributed by atoms with E-state index in [-0.39, 0.29) is 53.6 Å². The number of halogens is 3. The molecule has 4 aromatic heterocycles. The van der Waals surface area contributed by atoms with Gasteiger partial charge in [0.2, 0.25) is 0 Å². The highest BCUT2D eigenvalue weighted by Gasteiger charge is 2.42. The van der Waals surface area contributed by atoms with Gasteiger partial charge in [0.15, 0.2) is 5.82 Å². The number of hydrogen-bond acceptors (Lipinski definition) is 7. The summed E-state index contributed by atoms with van der Waals surface area (Å²) in [6, 6.07) is 7.55. The molecular weight excluding hydrogens is 659 g/mol. The number of nitrogens with zero attached hydrogens (tertiary/aromatic N) is 7. The van der Waals surface area contributed by atoms with Gasteiger partial charge in [-0.2, -0.15) is 0 Å². The van der Waals surface area contributed by atoms with E-state index < -0.39 is 36.7 Å². The number of benzene rings is 1. The predicted molar refractivity (Wildman–Crippen MR) is 183 cm³/mol. The summed E-state index contributed by atoms with van der Waals surface area (Å²) in [6.45, 7) is 1.52. The number of rotatable bonds is 3. The van der Waals surface area contributed by atoms with Crippen LogP contribution in [0.3, 0.4) is 0 Å². The van der Waals surface area contributed by atoms with Crippen molar-refractivity contribution in [3.05, 3.63) is 71.2 Å². The first-order chi connectivity index (χ1) is 24.5. The lowest BCUT2D eigenvalue weighted by molar-refractivity contribution is -0.0248. The Balaban J connectivity index is 1.16. The molecule has 3 fully saturated rings. The van der Waals surface area contributed by atoms with Crippen molar-refractivity contribution >= 4 is 33.9 Å². The number of aryl methyl sites for hydroxylation is 1. The van der Waals surface area contributed by atoms with E-state index in [1.165, 1.54) is 23.0 Å². The second-order valence-corrected chi connectivity index (χ2v) is 14.7. The molecule has 264 valence electrons. The number of nitrogens with one attached hydrogen (secondary N) is 1. The monoisotopic (exact) mass is 697 g/mol. The Bertz CT molecular complexity index is 2230. The van der Waals surface area contributed by atoms with Gasteiger partial charge in [0.25, 0.3) is 17.7 Å². The molecule has 51 heavy (non-hydrogen) atoms. The number of pyridine rings is 1. The molecule has 4 bridgehead atoms. The molecule has 2 saturated carbocycles. The summed E-state index contributed by atoms with van der Waals surface area (Å²) in [5.41, 5.74) is 8.76. The molecule has 2 amide bonds. The lowest BCUT2D eigenvalue weighted by Crippen LogP contribution is -2.51. The number of piperidine rings is 1. The SMILES string of the molecule is C[C@H]1NC(=O)c2nccnc2CCCC(F)(F)Cn2c(-c3nc4cc(C(=O)N5C[C@H](N)[C@@H]6CC[C@H]5C6)cc(F)c4n3C3CC3)cc3ccc1nc32. The minimum Gasteiger partial charge on any atom is -0.343 e. The van der Waals surface area contributed by atoms with Crippen LogP contribution < -0.4 is 11.1 Å². The molecule has 0 spiro atoms. The van der Waals surface area contributed by atoms with Crippen molar-refractivity contribution in [1.82, 2.24) is 39.3 Å². The van der Waals surface area contributed by atoms with Crippen LogP contribution in [-0.4, -0.2) is 70.3 Å². The van der Waals surface area contributed by atoms with E-state index in [9.17, 15) is 9.59 Å². The number of imidazole rings is 1. The van der Waals surface area contributed by atoms with Gasteiger partial charge in [-0.05, 0) is 88.1 Å². The van der Waals surface area contributed by atoms with Crippen LogP contribution in [0.15, 0.2) is 42.7 Å². The lowest BCUT2D eigenvalue weighted by Gasteiger charge is -2.37. The van der Waals surface area contributed by atoms with E-state index in [2.05, 4.69) is 15.3 Å². The summed E-state index contributed by atoms with van der Waals surface area (Å²) in [5.74, 6) is -3.73. The standard InChI is InChI=1S/C37H38F3N9O2/c1-19-27-9-5-21-16-30(48(33(21)45-27)18-37(39,40)10-2-3-28-31(35(50)44-19)43-12-11-42-28)34-46-29-15-22(14-25(38)32(29)49(34)23-7-8-23)36(51)47-17-26(41)20-4-6-24(47)13-20/h5,9,11-12,14-16,19-20,23-24,26H,2-4,6-8,10,13,17-18,41H2,1H3,(H,44,50)/t19-,20-,24+,26+/m1/s1. The van der Waals surface area contributed by atoms with Crippen molar-refractivity contribution in [2.24, 2.45) is 11.7 Å². The number of alkyl halides is 2. The highest BCUT2D eigenvalue weighted by molar-refractivity contribution is 5.99. The minimum atomic E-state index is -3.17. The maximum absolute atomic E-state index is 16.2. The zero-order valence-corrected chi connectivity index (χ0v) is 28.2. The van der Waals surface area contributed by atoms with Crippen LogP contribution in [-0.2, 0) is 13.0 Å². The molecule has 11 nitrogen and oxygen atoms in total. The number of likely N-dealkylation sites (tertiary alicyclic amines) is 1. The molecule has 6 heterocycles. The van der Waals surface area contributed by atoms with E-state index in [1.807, 2.05) is 0 Å². The van der Waals surface area contributed by atoms with Crippen molar-refractivity contribution in [2.45, 2.75) is 94.9 Å². The number of aromatic nitrogens is 6. The summed E-state index contributed by atoms with van der Waals surface area (Å²) in [7, 11) is 0. The number of nitrogens with two attached hydrogens (primary N) is 1. The third-order valence-electron chi connectivity index (χ3n) is 11.2. The van der Waals surface area contributed by atoms with Gasteiger partial charge in [-0.1, -0.05) is 0 Å². The lowest BCUT2D eigenvalue weighted by atomic mass is 9.94. The van der Waals surface area contributed by atoms with E-state index in [4.69, 9.17) is 15.7 Å². The summed E-state index contributed by atoms with van der Waals surface area (Å²) in [5, 5.41) is 3.54. The van der Waals surface area contributed by atoms with Crippen molar-refractivity contribution in [3.8, 4) is 11.5 Å². The molecule has 5 aromatic rings. The van der Waals surface area contributed by atoms with Crippen molar-refractivity contribution in [1.29, 1.82) is 0 Å². The molecule has 3 N–H and O–H groups in total. The van der Waals surface area contributed by atoms with Crippen LogP contribution in [0.25, 0.3) is 33.6 Å². The smallest absolute Gasteiger partial charge is 0.272 e. The highest BCUT2D eigenvalue weighted by Crippen LogP contribution is 2.44. The zero-order chi connectivity index (χ0) is 35.2. The van der Waals surface area contributed by atoms with E-state index in [0.717, 1.165) is 32.1 Å². The molecule has 1 aromatic carbocycles. The second kappa shape index (κ2) is 11.9. The summed E-state index contributed by atoms with van der Waals surface area (Å²) >= 11 is 0. The van der Waals surface area contributed by atoms with Crippen LogP contribution in [0.5, 0.6) is 0 Å². The Kier molecular flexibility index (Phi) is 7.46. The molecular formula is C37H38F3N9O2. The third-order valence-corrected chi connectivity index (χ3v) is 11.2. The number of carbonyl (C=O) groups excluding carboxylic acids is 2. The summed E-state index contributed by atoms with van der Waals surface area (Å²) in [6.07, 6.45) is 6.90. The normalized spacial score (nSPS) is 24.9. The maximum atomic E-state index is 16.2. The number of amides is 2. The Labute approximate surface area is 291 Å². The summed E-state index contributed by atoms with van der Waals surface area (Å²) in [4.78, 5) is 47.0. The molecule has 0 unspecified atom stereocenters. The van der Waals surface area contributed by atoms with Gasteiger partial charge < -0.3 is 25.1 Å². The fourth-order valence-corrected chi connectivity index (χ4v) is 8.41. The predicted octanol–water partition coefficient (Wildman–Crippen LogP) is 5.73. The van der Waals surface area contributed by atoms with Gasteiger partial charge in [0.1, 0.15) is 22.7 Å². The van der Waals surface area contributed by atoms with Gasteiger partial charge >= 0.3 is 0 Å². The molecule has 4 aliphatic rings. The summed E-state index contributed by atoms with van der Waals surface area (Å²) < 4.78 is 51.6. The Morgan fingerprint density at radius 2 is 1.84 bits per heavy atom. The maximum Gasteiger partial charge on any atom is 0.272 e. The van der Waals surface area contributed by atoms with E-state index >= 15 is 13.2 Å². The number of hydrogen-bond donors (Lipinski definition) is 2. The second-order valence-electron chi connectivity index (χ2n) is 14.7. The van der Waals surface area contributed by atoms with Crippen molar-refractivity contribution in [3.63, 3.8) is 0 Å². The number of carbonyl (C=O) groups is 2. The van der Waals surface area contributed by atoms with Gasteiger partial charge in [0.05, 0.1) is 35.2 Å². The van der Waals surface area contributed by atoms with Crippen molar-refractivity contribution < 1.29 is 22.8 Å². The van der Waals surface area contributed by atoms with E-state index in [1.54, 1.807) is 40.7 Å². The number of fused-ring (bicyclic) bond motifs is 5. The highest BCUT2D eigenvalue weighted by atomic mass is 19.3. The zero-order valence-electron chi connectivity index (χ0n) is 28.2. The largest absolute Gasteiger partial charge is 0.343 e. The van der Waals surface area contributed by atoms with Crippen LogP contribution in [0.1, 0.15) is 96.2 Å². The molecule has 0 radical (unpaired) electrons. The third kappa shape index (κ3) is 5.54. The average Bonchev–Trinajstić information content (AvgIpc) is 3.58. The Hall–Kier alpha value is -4.85. The molecule has 1 saturated heterocycles. The van der Waals surface area contributed by atoms with Gasteiger partial charge in [-0.3, -0.25) is 14.6 Å².